The Morgan fingerprint density at radius 1 is 1.47 bits per heavy atom. The predicted octanol–water partition coefficient (Wildman–Crippen LogP) is 1.14. The summed E-state index contributed by atoms with van der Waals surface area (Å²) in [7, 11) is 0. The third-order valence-electron chi connectivity index (χ3n) is 3.96. The van der Waals surface area contributed by atoms with Crippen molar-refractivity contribution in [2.75, 3.05) is 13.1 Å². The van der Waals surface area contributed by atoms with Crippen molar-refractivity contribution in [1.29, 1.82) is 0 Å². The SMILES string of the molecule is CC1CCN(C(=O)c2cnn3ccccc23)CC1N. The number of fused-ring (bicyclic) bond motifs is 1. The van der Waals surface area contributed by atoms with Gasteiger partial charge >= 0.3 is 0 Å². The largest absolute Gasteiger partial charge is 0.337 e. The van der Waals surface area contributed by atoms with Crippen LogP contribution in [0.3, 0.4) is 0 Å². The van der Waals surface area contributed by atoms with Gasteiger partial charge in [-0.1, -0.05) is 13.0 Å². The predicted molar refractivity (Wildman–Crippen MR) is 72.9 cm³/mol. The van der Waals surface area contributed by atoms with Gasteiger partial charge in [0.25, 0.3) is 5.91 Å². The first-order chi connectivity index (χ1) is 9.16. The Morgan fingerprint density at radius 3 is 3.11 bits per heavy atom. The van der Waals surface area contributed by atoms with Gasteiger partial charge in [0.1, 0.15) is 0 Å². The van der Waals surface area contributed by atoms with Crippen molar-refractivity contribution in [2.45, 2.75) is 19.4 Å². The highest BCUT2D eigenvalue weighted by molar-refractivity contribution is 6.00. The molecule has 5 nitrogen and oxygen atoms in total. The minimum absolute atomic E-state index is 0.0311. The lowest BCUT2D eigenvalue weighted by atomic mass is 9.94. The average molecular weight is 258 g/mol. The van der Waals surface area contributed by atoms with Crippen LogP contribution < -0.4 is 5.73 Å². The Bertz CT molecular complexity index is 606. The Hall–Kier alpha value is -1.88. The lowest BCUT2D eigenvalue weighted by Gasteiger charge is -2.34. The minimum atomic E-state index is 0.0311. The highest BCUT2D eigenvalue weighted by atomic mass is 16.2. The van der Waals surface area contributed by atoms with Gasteiger partial charge in [-0.15, -0.1) is 0 Å². The van der Waals surface area contributed by atoms with E-state index < -0.39 is 0 Å². The Kier molecular flexibility index (Phi) is 2.98. The molecule has 2 unspecified atom stereocenters. The molecule has 1 fully saturated rings. The molecular formula is C14H18N4O. The number of piperidine rings is 1. The molecule has 0 aromatic carbocycles. The molecule has 3 rings (SSSR count). The number of likely N-dealkylation sites (tertiary alicyclic amines) is 1. The summed E-state index contributed by atoms with van der Waals surface area (Å²) in [6.07, 6.45) is 4.45. The van der Waals surface area contributed by atoms with E-state index in [9.17, 15) is 4.79 Å². The fourth-order valence-electron chi connectivity index (χ4n) is 2.55. The average Bonchev–Trinajstić information content (AvgIpc) is 2.85. The fourth-order valence-corrected chi connectivity index (χ4v) is 2.55. The molecule has 1 aliphatic rings. The van der Waals surface area contributed by atoms with Gasteiger partial charge in [0, 0.05) is 25.3 Å². The summed E-state index contributed by atoms with van der Waals surface area (Å²) in [5, 5.41) is 4.21. The zero-order valence-corrected chi connectivity index (χ0v) is 11.0. The summed E-state index contributed by atoms with van der Waals surface area (Å²) >= 11 is 0. The lowest BCUT2D eigenvalue weighted by molar-refractivity contribution is 0.0674. The van der Waals surface area contributed by atoms with Crippen molar-refractivity contribution < 1.29 is 4.79 Å². The van der Waals surface area contributed by atoms with Crippen LogP contribution in [0.5, 0.6) is 0 Å². The molecule has 2 aromatic heterocycles. The van der Waals surface area contributed by atoms with Crippen LogP contribution in [0.15, 0.2) is 30.6 Å². The topological polar surface area (TPSA) is 63.6 Å². The number of carbonyl (C=O) groups excluding carboxylic acids is 1. The summed E-state index contributed by atoms with van der Waals surface area (Å²) in [5.41, 5.74) is 7.56. The van der Waals surface area contributed by atoms with Crippen molar-refractivity contribution in [2.24, 2.45) is 11.7 Å². The summed E-state index contributed by atoms with van der Waals surface area (Å²) < 4.78 is 1.72. The molecular weight excluding hydrogens is 240 g/mol. The Morgan fingerprint density at radius 2 is 2.32 bits per heavy atom. The van der Waals surface area contributed by atoms with E-state index in [1.165, 1.54) is 0 Å². The molecule has 0 aliphatic carbocycles. The maximum Gasteiger partial charge on any atom is 0.257 e. The Balaban J connectivity index is 1.88. The molecule has 0 spiro atoms. The zero-order chi connectivity index (χ0) is 13.4. The van der Waals surface area contributed by atoms with Gasteiger partial charge in [0.05, 0.1) is 17.3 Å². The number of aromatic nitrogens is 2. The van der Waals surface area contributed by atoms with E-state index in [-0.39, 0.29) is 11.9 Å². The van der Waals surface area contributed by atoms with Gasteiger partial charge in [-0.3, -0.25) is 4.79 Å². The van der Waals surface area contributed by atoms with Crippen LogP contribution in [0, 0.1) is 5.92 Å². The zero-order valence-electron chi connectivity index (χ0n) is 11.0. The van der Waals surface area contributed by atoms with Gasteiger partial charge in [-0.05, 0) is 24.5 Å². The number of hydrogen-bond acceptors (Lipinski definition) is 3. The van der Waals surface area contributed by atoms with Crippen molar-refractivity contribution in [3.8, 4) is 0 Å². The lowest BCUT2D eigenvalue weighted by Crippen LogP contribution is -2.49. The fraction of sp³-hybridized carbons (Fsp3) is 0.429. The van der Waals surface area contributed by atoms with Crippen LogP contribution in [-0.2, 0) is 0 Å². The second kappa shape index (κ2) is 4.66. The summed E-state index contributed by atoms with van der Waals surface area (Å²) in [6.45, 7) is 3.55. The quantitative estimate of drug-likeness (QED) is 0.834. The third-order valence-corrected chi connectivity index (χ3v) is 3.96. The van der Waals surface area contributed by atoms with Crippen molar-refractivity contribution in [3.63, 3.8) is 0 Å². The van der Waals surface area contributed by atoms with E-state index in [0.717, 1.165) is 18.5 Å². The van der Waals surface area contributed by atoms with E-state index >= 15 is 0 Å². The van der Waals surface area contributed by atoms with Crippen LogP contribution in [-0.4, -0.2) is 39.6 Å². The Labute approximate surface area is 112 Å². The number of hydrogen-bond donors (Lipinski definition) is 1. The van der Waals surface area contributed by atoms with Gasteiger partial charge < -0.3 is 10.6 Å². The summed E-state index contributed by atoms with van der Waals surface area (Å²) in [4.78, 5) is 14.4. The van der Waals surface area contributed by atoms with E-state index in [1.807, 2.05) is 29.3 Å². The molecule has 100 valence electrons. The minimum Gasteiger partial charge on any atom is -0.337 e. The third kappa shape index (κ3) is 2.10. The molecule has 3 heterocycles. The molecule has 0 radical (unpaired) electrons. The number of rotatable bonds is 1. The molecule has 2 N–H and O–H groups in total. The number of amides is 1. The van der Waals surface area contributed by atoms with Gasteiger partial charge in [0.15, 0.2) is 0 Å². The van der Waals surface area contributed by atoms with Crippen LogP contribution >= 0.6 is 0 Å². The molecule has 2 aromatic rings. The van der Waals surface area contributed by atoms with Crippen molar-refractivity contribution in [1.82, 2.24) is 14.5 Å². The normalized spacial score (nSPS) is 23.8. The maximum atomic E-state index is 12.5. The van der Waals surface area contributed by atoms with Crippen molar-refractivity contribution >= 4 is 11.4 Å². The second-order valence-corrected chi connectivity index (χ2v) is 5.27. The van der Waals surface area contributed by atoms with E-state index in [2.05, 4.69) is 12.0 Å². The van der Waals surface area contributed by atoms with Gasteiger partial charge in [0.2, 0.25) is 0 Å². The number of nitrogens with zero attached hydrogens (tertiary/aromatic N) is 3. The summed E-state index contributed by atoms with van der Waals surface area (Å²) in [6, 6.07) is 5.79. The van der Waals surface area contributed by atoms with Crippen LogP contribution in [0.2, 0.25) is 0 Å². The molecule has 0 saturated carbocycles. The van der Waals surface area contributed by atoms with E-state index in [0.29, 0.717) is 18.0 Å². The first kappa shape index (κ1) is 12.2. The summed E-state index contributed by atoms with van der Waals surface area (Å²) in [5.74, 6) is 0.511. The number of pyridine rings is 1. The maximum absolute atomic E-state index is 12.5. The molecule has 2 atom stereocenters. The van der Waals surface area contributed by atoms with Gasteiger partial charge in [-0.25, -0.2) is 4.52 Å². The molecule has 1 saturated heterocycles. The van der Waals surface area contributed by atoms with Crippen molar-refractivity contribution in [3.05, 3.63) is 36.2 Å². The number of nitrogens with two attached hydrogens (primary N) is 1. The highest BCUT2D eigenvalue weighted by Gasteiger charge is 2.28. The van der Waals surface area contributed by atoms with E-state index in [4.69, 9.17) is 5.73 Å². The van der Waals surface area contributed by atoms with Gasteiger partial charge in [-0.2, -0.15) is 5.10 Å². The van der Waals surface area contributed by atoms with E-state index in [1.54, 1.807) is 10.7 Å². The van der Waals surface area contributed by atoms with Crippen LogP contribution in [0.1, 0.15) is 23.7 Å². The standard InChI is InChI=1S/C14H18N4O/c1-10-5-7-17(9-12(10)15)14(19)11-8-16-18-6-3-2-4-13(11)18/h2-4,6,8,10,12H,5,7,9,15H2,1H3. The van der Waals surface area contributed by atoms with Crippen LogP contribution in [0.4, 0.5) is 0 Å². The molecule has 1 amide bonds. The molecule has 0 bridgehead atoms. The first-order valence-corrected chi connectivity index (χ1v) is 6.64. The monoisotopic (exact) mass is 258 g/mol. The molecule has 5 heteroatoms. The second-order valence-electron chi connectivity index (χ2n) is 5.27. The highest BCUT2D eigenvalue weighted by Crippen LogP contribution is 2.19. The number of carbonyl (C=O) groups is 1. The molecule has 1 aliphatic heterocycles. The first-order valence-electron chi connectivity index (χ1n) is 6.64. The smallest absolute Gasteiger partial charge is 0.257 e. The molecule has 19 heavy (non-hydrogen) atoms. The van der Waals surface area contributed by atoms with Crippen LogP contribution in [0.25, 0.3) is 5.52 Å².